The maximum atomic E-state index is 5.98. The molecule has 106 valence electrons. The van der Waals surface area contributed by atoms with E-state index in [1.165, 1.54) is 4.68 Å². The van der Waals surface area contributed by atoms with Crippen LogP contribution in [0.2, 0.25) is 5.28 Å². The molecule has 2 heterocycles. The fourth-order valence-electron chi connectivity index (χ4n) is 1.85. The first-order chi connectivity index (χ1) is 10.3. The van der Waals surface area contributed by atoms with Crippen LogP contribution in [0.5, 0.6) is 5.75 Å². The Morgan fingerprint density at radius 3 is 2.86 bits per heavy atom. The molecule has 21 heavy (non-hydrogen) atoms. The van der Waals surface area contributed by atoms with Gasteiger partial charge in [-0.25, -0.2) is 4.68 Å². The van der Waals surface area contributed by atoms with Gasteiger partial charge in [-0.3, -0.25) is 0 Å². The summed E-state index contributed by atoms with van der Waals surface area (Å²) >= 11 is 5.98. The summed E-state index contributed by atoms with van der Waals surface area (Å²) < 4.78 is 7.01. The highest BCUT2D eigenvalue weighted by atomic mass is 35.5. The average molecular weight is 302 g/mol. The minimum atomic E-state index is 0.118. The topological polar surface area (TPSA) is 65.7 Å². The molecule has 0 aliphatic heterocycles. The molecule has 2 aromatic heterocycles. The van der Waals surface area contributed by atoms with E-state index in [1.54, 1.807) is 18.5 Å². The van der Waals surface area contributed by atoms with Gasteiger partial charge in [0.15, 0.2) is 5.82 Å². The zero-order valence-electron chi connectivity index (χ0n) is 11.3. The molecule has 0 saturated carbocycles. The third-order valence-corrected chi connectivity index (χ3v) is 2.88. The lowest BCUT2D eigenvalue weighted by Crippen LogP contribution is -2.05. The maximum Gasteiger partial charge on any atom is 0.255 e. The predicted octanol–water partition coefficient (Wildman–Crippen LogP) is 2.78. The lowest BCUT2D eigenvalue weighted by atomic mass is 10.2. The van der Waals surface area contributed by atoms with Gasteiger partial charge in [-0.15, -0.1) is 0 Å². The van der Waals surface area contributed by atoms with Crippen LogP contribution in [-0.4, -0.2) is 31.3 Å². The van der Waals surface area contributed by atoms with Gasteiger partial charge in [0.1, 0.15) is 5.75 Å². The lowest BCUT2D eigenvalue weighted by Gasteiger charge is -2.07. The number of benzene rings is 1. The average Bonchev–Trinajstić information content (AvgIpc) is 3.01. The molecular weight excluding hydrogens is 290 g/mol. The van der Waals surface area contributed by atoms with Gasteiger partial charge in [0, 0.05) is 18.0 Å². The zero-order valence-corrected chi connectivity index (χ0v) is 12.0. The quantitative estimate of drug-likeness (QED) is 0.741. The molecule has 0 atom stereocenters. The van der Waals surface area contributed by atoms with Crippen LogP contribution < -0.4 is 4.74 Å². The number of rotatable bonds is 4. The highest BCUT2D eigenvalue weighted by molar-refractivity contribution is 6.28. The van der Waals surface area contributed by atoms with Gasteiger partial charge in [-0.1, -0.05) is 12.1 Å². The predicted molar refractivity (Wildman–Crippen MR) is 78.6 cm³/mol. The van der Waals surface area contributed by atoms with E-state index in [-0.39, 0.29) is 5.28 Å². The highest BCUT2D eigenvalue weighted by Crippen LogP contribution is 2.22. The molecule has 7 heteroatoms. The van der Waals surface area contributed by atoms with E-state index < -0.39 is 0 Å². The summed E-state index contributed by atoms with van der Waals surface area (Å²) in [4.78, 5) is 12.6. The van der Waals surface area contributed by atoms with Gasteiger partial charge in [0.2, 0.25) is 5.28 Å². The molecule has 0 amide bonds. The Kier molecular flexibility index (Phi) is 3.79. The summed E-state index contributed by atoms with van der Waals surface area (Å²) in [7, 11) is 0. The van der Waals surface area contributed by atoms with Crippen molar-refractivity contribution in [2.45, 2.75) is 6.92 Å². The molecule has 0 fully saturated rings. The van der Waals surface area contributed by atoms with Crippen molar-refractivity contribution in [3.05, 3.63) is 48.0 Å². The first kappa shape index (κ1) is 13.5. The van der Waals surface area contributed by atoms with E-state index in [4.69, 9.17) is 16.3 Å². The molecule has 0 unspecified atom stereocenters. The Labute approximate surface area is 126 Å². The second-order valence-corrected chi connectivity index (χ2v) is 4.48. The van der Waals surface area contributed by atoms with Crippen molar-refractivity contribution < 1.29 is 4.74 Å². The fraction of sp³-hybridized carbons (Fsp3) is 0.143. The zero-order chi connectivity index (χ0) is 14.7. The lowest BCUT2D eigenvalue weighted by molar-refractivity contribution is 0.340. The van der Waals surface area contributed by atoms with Crippen LogP contribution in [-0.2, 0) is 0 Å². The molecule has 0 radical (unpaired) electrons. The van der Waals surface area contributed by atoms with E-state index in [0.717, 1.165) is 11.3 Å². The molecule has 6 nitrogen and oxygen atoms in total. The third kappa shape index (κ3) is 3.00. The fourth-order valence-corrected chi connectivity index (χ4v) is 2.01. The SMILES string of the molecule is CCOc1cccc(-c2nc(Cl)nc(-n3cccn3)n2)c1. The van der Waals surface area contributed by atoms with Crippen LogP contribution >= 0.6 is 11.6 Å². The number of nitrogens with zero attached hydrogens (tertiary/aromatic N) is 5. The van der Waals surface area contributed by atoms with Crippen molar-refractivity contribution >= 4 is 11.6 Å². The summed E-state index contributed by atoms with van der Waals surface area (Å²) in [6.45, 7) is 2.53. The van der Waals surface area contributed by atoms with Crippen molar-refractivity contribution in [2.24, 2.45) is 0 Å². The molecule has 0 aliphatic carbocycles. The van der Waals surface area contributed by atoms with Gasteiger partial charge in [-0.2, -0.15) is 20.1 Å². The second-order valence-electron chi connectivity index (χ2n) is 4.14. The van der Waals surface area contributed by atoms with Gasteiger partial charge in [-0.05, 0) is 36.7 Å². The Hall–Kier alpha value is -2.47. The van der Waals surface area contributed by atoms with Crippen molar-refractivity contribution in [1.82, 2.24) is 24.7 Å². The number of halogens is 1. The summed E-state index contributed by atoms with van der Waals surface area (Å²) in [5.41, 5.74) is 0.804. The van der Waals surface area contributed by atoms with Crippen LogP contribution in [0.15, 0.2) is 42.7 Å². The summed E-state index contributed by atoms with van der Waals surface area (Å²) in [6.07, 6.45) is 3.39. The Morgan fingerprint density at radius 1 is 1.19 bits per heavy atom. The molecule has 0 bridgehead atoms. The molecule has 3 aromatic rings. The summed E-state index contributed by atoms with van der Waals surface area (Å²) in [5.74, 6) is 1.60. The van der Waals surface area contributed by atoms with Gasteiger partial charge >= 0.3 is 0 Å². The molecule has 0 saturated heterocycles. The van der Waals surface area contributed by atoms with E-state index in [1.807, 2.05) is 31.2 Å². The minimum absolute atomic E-state index is 0.118. The van der Waals surface area contributed by atoms with Crippen LogP contribution in [0, 0.1) is 0 Å². The van der Waals surface area contributed by atoms with E-state index in [2.05, 4.69) is 20.1 Å². The molecule has 0 spiro atoms. The Balaban J connectivity index is 2.04. The molecule has 0 aliphatic rings. The molecule has 3 rings (SSSR count). The van der Waals surface area contributed by atoms with Gasteiger partial charge < -0.3 is 4.74 Å². The second kappa shape index (κ2) is 5.88. The van der Waals surface area contributed by atoms with Crippen LogP contribution in [0.3, 0.4) is 0 Å². The highest BCUT2D eigenvalue weighted by Gasteiger charge is 2.09. The van der Waals surface area contributed by atoms with Crippen LogP contribution in [0.25, 0.3) is 17.3 Å². The Morgan fingerprint density at radius 2 is 2.10 bits per heavy atom. The minimum Gasteiger partial charge on any atom is -0.494 e. The van der Waals surface area contributed by atoms with E-state index in [0.29, 0.717) is 18.4 Å². The first-order valence-electron chi connectivity index (χ1n) is 6.41. The van der Waals surface area contributed by atoms with Crippen molar-refractivity contribution in [1.29, 1.82) is 0 Å². The van der Waals surface area contributed by atoms with Gasteiger partial charge in [0.05, 0.1) is 6.61 Å². The van der Waals surface area contributed by atoms with Crippen molar-refractivity contribution in [3.63, 3.8) is 0 Å². The molecule has 1 aromatic carbocycles. The molecule has 0 N–H and O–H groups in total. The third-order valence-electron chi connectivity index (χ3n) is 2.71. The maximum absolute atomic E-state index is 5.98. The number of ether oxygens (including phenoxy) is 1. The van der Waals surface area contributed by atoms with Crippen molar-refractivity contribution in [3.8, 4) is 23.1 Å². The van der Waals surface area contributed by atoms with Crippen LogP contribution in [0.4, 0.5) is 0 Å². The largest absolute Gasteiger partial charge is 0.494 e. The normalized spacial score (nSPS) is 10.6. The van der Waals surface area contributed by atoms with E-state index >= 15 is 0 Å². The Bertz CT molecular complexity index is 745. The number of aromatic nitrogens is 5. The van der Waals surface area contributed by atoms with Crippen molar-refractivity contribution in [2.75, 3.05) is 6.61 Å². The van der Waals surface area contributed by atoms with E-state index in [9.17, 15) is 0 Å². The molecular formula is C14H12ClN5O. The number of hydrogen-bond donors (Lipinski definition) is 0. The first-order valence-corrected chi connectivity index (χ1v) is 6.79. The number of hydrogen-bond acceptors (Lipinski definition) is 5. The summed E-state index contributed by atoms with van der Waals surface area (Å²) in [5, 5.41) is 4.21. The van der Waals surface area contributed by atoms with Gasteiger partial charge in [0.25, 0.3) is 5.95 Å². The van der Waals surface area contributed by atoms with Crippen LogP contribution in [0.1, 0.15) is 6.92 Å². The summed E-state index contributed by atoms with van der Waals surface area (Å²) in [6, 6.07) is 9.30. The standard InChI is InChI=1S/C14H12ClN5O/c1-2-21-11-6-3-5-10(9-11)12-17-13(15)19-14(18-12)20-8-4-7-16-20/h3-9H,2H2,1H3. The smallest absolute Gasteiger partial charge is 0.255 e. The monoisotopic (exact) mass is 301 g/mol.